The first-order valence-corrected chi connectivity index (χ1v) is 6.52. The van der Waals surface area contributed by atoms with Crippen LogP contribution in [-0.2, 0) is 12.0 Å². The lowest BCUT2D eigenvalue weighted by Gasteiger charge is -2.26. The van der Waals surface area contributed by atoms with E-state index >= 15 is 0 Å². The highest BCUT2D eigenvalue weighted by atomic mass is 19.1. The molecule has 0 amide bonds. The molecule has 0 bridgehead atoms. The third-order valence-corrected chi connectivity index (χ3v) is 3.46. The molecule has 19 heavy (non-hydrogen) atoms. The largest absolute Gasteiger partial charge is 0.384 e. The summed E-state index contributed by atoms with van der Waals surface area (Å²) in [4.78, 5) is 4.01. The summed E-state index contributed by atoms with van der Waals surface area (Å²) in [5.74, 6) is -0.384. The van der Waals surface area contributed by atoms with Crippen molar-refractivity contribution >= 4 is 0 Å². The fraction of sp³-hybridized carbons (Fsp3) is 0.312. The highest BCUT2D eigenvalue weighted by Crippen LogP contribution is 2.28. The van der Waals surface area contributed by atoms with E-state index < -0.39 is 5.60 Å². The Morgan fingerprint density at radius 1 is 1.16 bits per heavy atom. The zero-order chi connectivity index (χ0) is 13.7. The predicted molar refractivity (Wildman–Crippen MR) is 73.1 cm³/mol. The van der Waals surface area contributed by atoms with E-state index in [1.807, 2.05) is 37.3 Å². The van der Waals surface area contributed by atoms with E-state index in [1.165, 1.54) is 11.6 Å². The molecular weight excluding hydrogens is 241 g/mol. The number of aryl methyl sites for hydroxylation is 1. The van der Waals surface area contributed by atoms with Crippen LogP contribution in [0.2, 0.25) is 0 Å². The van der Waals surface area contributed by atoms with E-state index in [9.17, 15) is 9.50 Å². The second-order valence-corrected chi connectivity index (χ2v) is 4.73. The fourth-order valence-corrected chi connectivity index (χ4v) is 2.13. The Morgan fingerprint density at radius 3 is 2.47 bits per heavy atom. The van der Waals surface area contributed by atoms with E-state index in [0.29, 0.717) is 18.5 Å². The molecule has 1 aromatic heterocycles. The lowest BCUT2D eigenvalue weighted by atomic mass is 9.89. The molecule has 0 aliphatic carbocycles. The maximum atomic E-state index is 12.9. The Balaban J connectivity index is 2.12. The molecule has 2 nitrogen and oxygen atoms in total. The van der Waals surface area contributed by atoms with E-state index in [4.69, 9.17) is 0 Å². The van der Waals surface area contributed by atoms with Gasteiger partial charge in [-0.15, -0.1) is 0 Å². The lowest BCUT2D eigenvalue weighted by Crippen LogP contribution is -2.26. The van der Waals surface area contributed by atoms with Crippen molar-refractivity contribution in [3.8, 4) is 0 Å². The van der Waals surface area contributed by atoms with Crippen LogP contribution in [0.5, 0.6) is 0 Å². The van der Waals surface area contributed by atoms with Gasteiger partial charge >= 0.3 is 0 Å². The predicted octanol–water partition coefficient (Wildman–Crippen LogP) is 3.45. The molecule has 1 N–H and O–H groups in total. The highest BCUT2D eigenvalue weighted by molar-refractivity contribution is 5.18. The summed E-state index contributed by atoms with van der Waals surface area (Å²) in [5, 5.41) is 10.7. The summed E-state index contributed by atoms with van der Waals surface area (Å²) in [7, 11) is 0. The molecule has 1 unspecified atom stereocenters. The normalized spacial score (nSPS) is 14.1. The number of benzene rings is 1. The zero-order valence-electron chi connectivity index (χ0n) is 11.0. The summed E-state index contributed by atoms with van der Waals surface area (Å²) >= 11 is 0. The van der Waals surface area contributed by atoms with Crippen molar-refractivity contribution in [2.75, 3.05) is 0 Å². The van der Waals surface area contributed by atoms with Crippen LogP contribution in [0.25, 0.3) is 0 Å². The number of hydrogen-bond acceptors (Lipinski definition) is 2. The van der Waals surface area contributed by atoms with Crippen LogP contribution in [0.15, 0.2) is 48.7 Å². The van der Waals surface area contributed by atoms with Crippen molar-refractivity contribution < 1.29 is 9.50 Å². The summed E-state index contributed by atoms with van der Waals surface area (Å²) in [6.45, 7) is 1.91. The van der Waals surface area contributed by atoms with Gasteiger partial charge in [-0.25, -0.2) is 4.39 Å². The number of nitrogens with zero attached hydrogens (tertiary/aromatic N) is 1. The van der Waals surface area contributed by atoms with E-state index in [1.54, 1.807) is 6.07 Å². The first-order chi connectivity index (χ1) is 9.14. The first kappa shape index (κ1) is 13.7. The molecule has 0 radical (unpaired) electrons. The van der Waals surface area contributed by atoms with Gasteiger partial charge in [0.1, 0.15) is 11.4 Å². The van der Waals surface area contributed by atoms with E-state index in [-0.39, 0.29) is 5.82 Å². The van der Waals surface area contributed by atoms with Gasteiger partial charge < -0.3 is 5.11 Å². The quantitative estimate of drug-likeness (QED) is 0.892. The van der Waals surface area contributed by atoms with Crippen LogP contribution in [0.4, 0.5) is 4.39 Å². The molecule has 2 aromatic rings. The molecule has 1 aromatic carbocycles. The maximum Gasteiger partial charge on any atom is 0.141 e. The van der Waals surface area contributed by atoms with Crippen molar-refractivity contribution in [2.24, 2.45) is 0 Å². The Morgan fingerprint density at radius 2 is 1.89 bits per heavy atom. The van der Waals surface area contributed by atoms with Crippen molar-refractivity contribution in [3.05, 3.63) is 65.7 Å². The van der Waals surface area contributed by atoms with Crippen molar-refractivity contribution in [2.45, 2.75) is 31.8 Å². The molecule has 0 spiro atoms. The third-order valence-electron chi connectivity index (χ3n) is 3.46. The van der Waals surface area contributed by atoms with E-state index in [0.717, 1.165) is 12.6 Å². The summed E-state index contributed by atoms with van der Waals surface area (Å²) in [6, 6.07) is 12.9. The minimum Gasteiger partial charge on any atom is -0.384 e. The van der Waals surface area contributed by atoms with Gasteiger partial charge in [0.25, 0.3) is 0 Å². The standard InChI is InChI=1S/C16H18FNO/c1-2-16(19,15-9-8-14(17)12-18-15)11-10-13-6-4-3-5-7-13/h3-9,12,19H,2,10-11H2,1H3. The topological polar surface area (TPSA) is 33.1 Å². The van der Waals surface area contributed by atoms with Gasteiger partial charge in [0.2, 0.25) is 0 Å². The van der Waals surface area contributed by atoms with Gasteiger partial charge in [0.05, 0.1) is 11.9 Å². The van der Waals surface area contributed by atoms with Crippen LogP contribution in [0.1, 0.15) is 31.0 Å². The second-order valence-electron chi connectivity index (χ2n) is 4.73. The monoisotopic (exact) mass is 259 g/mol. The molecule has 0 fully saturated rings. The van der Waals surface area contributed by atoms with Crippen LogP contribution < -0.4 is 0 Å². The minimum atomic E-state index is -0.996. The number of pyridine rings is 1. The van der Waals surface area contributed by atoms with Crippen molar-refractivity contribution in [1.29, 1.82) is 0 Å². The van der Waals surface area contributed by atoms with Gasteiger partial charge in [-0.05, 0) is 37.0 Å². The SMILES string of the molecule is CCC(O)(CCc1ccccc1)c1ccc(F)cn1. The molecule has 1 atom stereocenters. The first-order valence-electron chi connectivity index (χ1n) is 6.52. The average molecular weight is 259 g/mol. The van der Waals surface area contributed by atoms with E-state index in [2.05, 4.69) is 4.98 Å². The molecule has 0 saturated carbocycles. The molecule has 3 heteroatoms. The Kier molecular flexibility index (Phi) is 4.27. The van der Waals surface area contributed by atoms with Crippen LogP contribution in [0.3, 0.4) is 0 Å². The third kappa shape index (κ3) is 3.38. The number of rotatable bonds is 5. The molecule has 1 heterocycles. The molecular formula is C16H18FNO. The van der Waals surface area contributed by atoms with Crippen molar-refractivity contribution in [1.82, 2.24) is 4.98 Å². The van der Waals surface area contributed by atoms with Crippen LogP contribution in [0, 0.1) is 5.82 Å². The minimum absolute atomic E-state index is 0.384. The van der Waals surface area contributed by atoms with Crippen molar-refractivity contribution in [3.63, 3.8) is 0 Å². The molecule has 0 aliphatic rings. The van der Waals surface area contributed by atoms with Gasteiger partial charge in [0, 0.05) is 0 Å². The van der Waals surface area contributed by atoms with Crippen LogP contribution >= 0.6 is 0 Å². The van der Waals surface area contributed by atoms with Gasteiger partial charge in [-0.3, -0.25) is 4.98 Å². The smallest absolute Gasteiger partial charge is 0.141 e. The molecule has 0 saturated heterocycles. The Bertz CT molecular complexity index is 512. The lowest BCUT2D eigenvalue weighted by molar-refractivity contribution is 0.0192. The average Bonchev–Trinajstić information content (AvgIpc) is 2.46. The summed E-state index contributed by atoms with van der Waals surface area (Å²) in [6.07, 6.45) is 3.05. The fourth-order valence-electron chi connectivity index (χ4n) is 2.13. The molecule has 100 valence electrons. The summed E-state index contributed by atoms with van der Waals surface area (Å²) in [5.41, 5.74) is 0.715. The molecule has 0 aliphatic heterocycles. The molecule has 2 rings (SSSR count). The number of aromatic nitrogens is 1. The van der Waals surface area contributed by atoms with Gasteiger partial charge in [-0.1, -0.05) is 37.3 Å². The number of hydrogen-bond donors (Lipinski definition) is 1. The second kappa shape index (κ2) is 5.93. The van der Waals surface area contributed by atoms with Crippen LogP contribution in [-0.4, -0.2) is 10.1 Å². The summed E-state index contributed by atoms with van der Waals surface area (Å²) < 4.78 is 12.9. The highest BCUT2D eigenvalue weighted by Gasteiger charge is 2.28. The Hall–Kier alpha value is -1.74. The van der Waals surface area contributed by atoms with Gasteiger partial charge in [-0.2, -0.15) is 0 Å². The van der Waals surface area contributed by atoms with Gasteiger partial charge in [0.15, 0.2) is 0 Å². The zero-order valence-corrected chi connectivity index (χ0v) is 11.0. The number of halogens is 1. The maximum absolute atomic E-state index is 12.9. The number of aliphatic hydroxyl groups is 1. The Labute approximate surface area is 112 Å².